The molecule has 0 radical (unpaired) electrons. The van der Waals surface area contributed by atoms with Crippen molar-refractivity contribution in [1.29, 1.82) is 0 Å². The molecule has 1 aromatic heterocycles. The van der Waals surface area contributed by atoms with Gasteiger partial charge in [-0.3, -0.25) is 4.79 Å². The van der Waals surface area contributed by atoms with Crippen LogP contribution in [0.2, 0.25) is 0 Å². The van der Waals surface area contributed by atoms with Gasteiger partial charge in [0.25, 0.3) is 0 Å². The summed E-state index contributed by atoms with van der Waals surface area (Å²) in [4.78, 5) is 16.8. The summed E-state index contributed by atoms with van der Waals surface area (Å²) >= 11 is 0. The Balaban J connectivity index is 0.000000693. The fourth-order valence-corrected chi connectivity index (χ4v) is 3.42. The van der Waals surface area contributed by atoms with E-state index in [-0.39, 0.29) is 5.91 Å². The first-order chi connectivity index (χ1) is 10.7. The lowest BCUT2D eigenvalue weighted by molar-refractivity contribution is -0.120. The van der Waals surface area contributed by atoms with E-state index in [2.05, 4.69) is 33.8 Å². The number of rotatable bonds is 1. The van der Waals surface area contributed by atoms with Gasteiger partial charge < -0.3 is 10.6 Å². The Kier molecular flexibility index (Phi) is 3.61. The molecular weight excluding hydrogens is 274 g/mol. The van der Waals surface area contributed by atoms with Crippen LogP contribution in [0.1, 0.15) is 30.5 Å². The molecule has 22 heavy (non-hydrogen) atoms. The maximum atomic E-state index is 12.5. The number of carbonyl (C=O) groups is 1. The molecule has 1 aliphatic carbocycles. The highest BCUT2D eigenvalue weighted by atomic mass is 16.2. The number of hydrogen-bond donors (Lipinski definition) is 2. The molecule has 1 aromatic carbocycles. The molecule has 4 rings (SSSR count). The van der Waals surface area contributed by atoms with Gasteiger partial charge in [-0.2, -0.15) is 0 Å². The first kappa shape index (κ1) is 14.6. The average Bonchev–Trinajstić information content (AvgIpc) is 3.08. The van der Waals surface area contributed by atoms with Crippen molar-refractivity contribution in [2.75, 3.05) is 17.7 Å². The van der Waals surface area contributed by atoms with E-state index in [0.717, 1.165) is 29.9 Å². The Morgan fingerprint density at radius 1 is 1.18 bits per heavy atom. The molecule has 2 heterocycles. The van der Waals surface area contributed by atoms with E-state index in [1.54, 1.807) is 6.20 Å². The predicted molar refractivity (Wildman–Crippen MR) is 89.3 cm³/mol. The molecule has 114 valence electrons. The van der Waals surface area contributed by atoms with E-state index in [9.17, 15) is 4.79 Å². The summed E-state index contributed by atoms with van der Waals surface area (Å²) in [5, 5.41) is 6.08. The molecule has 1 atom stereocenters. The van der Waals surface area contributed by atoms with E-state index >= 15 is 0 Å². The second-order valence-electron chi connectivity index (χ2n) is 5.52. The van der Waals surface area contributed by atoms with Crippen LogP contribution in [0.5, 0.6) is 0 Å². The van der Waals surface area contributed by atoms with Crippen LogP contribution in [0.15, 0.2) is 36.5 Å². The lowest BCUT2D eigenvalue weighted by atomic mass is 9.79. The van der Waals surface area contributed by atoms with Gasteiger partial charge in [0.1, 0.15) is 5.82 Å². The lowest BCUT2D eigenvalue weighted by Crippen LogP contribution is -2.35. The minimum Gasteiger partial charge on any atom is -0.388 e. The fourth-order valence-electron chi connectivity index (χ4n) is 3.42. The van der Waals surface area contributed by atoms with Crippen LogP contribution in [-0.4, -0.2) is 17.9 Å². The van der Waals surface area contributed by atoms with E-state index in [4.69, 9.17) is 0 Å². The van der Waals surface area contributed by atoms with Crippen LogP contribution >= 0.6 is 0 Å². The minimum absolute atomic E-state index is 0.0772. The first-order valence-electron chi connectivity index (χ1n) is 7.79. The van der Waals surface area contributed by atoms with Gasteiger partial charge in [0.05, 0.1) is 5.41 Å². The van der Waals surface area contributed by atoms with E-state index < -0.39 is 5.41 Å². The molecule has 0 saturated heterocycles. The summed E-state index contributed by atoms with van der Waals surface area (Å²) in [5.74, 6) is 0.799. The van der Waals surface area contributed by atoms with Gasteiger partial charge >= 0.3 is 0 Å². The van der Waals surface area contributed by atoms with Gasteiger partial charge in [0, 0.05) is 24.5 Å². The van der Waals surface area contributed by atoms with Gasteiger partial charge in [0.2, 0.25) is 5.91 Å². The summed E-state index contributed by atoms with van der Waals surface area (Å²) in [6.07, 6.45) is 3.23. The molecule has 2 N–H and O–H groups in total. The molecule has 4 heteroatoms. The zero-order chi connectivity index (χ0) is 15.7. The van der Waals surface area contributed by atoms with Crippen LogP contribution in [0.4, 0.5) is 11.5 Å². The van der Waals surface area contributed by atoms with E-state index in [1.165, 1.54) is 11.1 Å². The number of hydrogen-bond acceptors (Lipinski definition) is 3. The predicted octanol–water partition coefficient (Wildman–Crippen LogP) is 3.14. The number of pyridine rings is 1. The van der Waals surface area contributed by atoms with Gasteiger partial charge in [-0.15, -0.1) is 0 Å². The number of anilines is 2. The van der Waals surface area contributed by atoms with Crippen LogP contribution in [0, 0.1) is 0 Å². The molecular formula is C18H21N3O. The Hall–Kier alpha value is -2.36. The van der Waals surface area contributed by atoms with Crippen molar-refractivity contribution in [1.82, 2.24) is 4.98 Å². The Labute approximate surface area is 131 Å². The third-order valence-corrected chi connectivity index (χ3v) is 4.47. The Morgan fingerprint density at radius 3 is 2.73 bits per heavy atom. The second-order valence-corrected chi connectivity index (χ2v) is 5.52. The van der Waals surface area contributed by atoms with E-state index in [0.29, 0.717) is 0 Å². The topological polar surface area (TPSA) is 54.0 Å². The average molecular weight is 295 g/mol. The molecule has 1 spiro atoms. The molecule has 1 amide bonds. The highest BCUT2D eigenvalue weighted by molar-refractivity contribution is 6.06. The minimum atomic E-state index is -0.460. The van der Waals surface area contributed by atoms with E-state index in [1.807, 2.05) is 33.0 Å². The van der Waals surface area contributed by atoms with Crippen LogP contribution in [0.3, 0.4) is 0 Å². The smallest absolute Gasteiger partial charge is 0.237 e. The van der Waals surface area contributed by atoms with Gasteiger partial charge in [-0.1, -0.05) is 26.0 Å². The van der Waals surface area contributed by atoms with Gasteiger partial charge in [-0.05, 0) is 42.2 Å². The third kappa shape index (κ3) is 1.98. The lowest BCUT2D eigenvalue weighted by Gasteiger charge is -2.20. The van der Waals surface area contributed by atoms with Gasteiger partial charge in [0.15, 0.2) is 0 Å². The number of benzene rings is 1. The molecule has 1 aliphatic heterocycles. The number of amides is 1. The molecule has 4 nitrogen and oxygen atoms in total. The quantitative estimate of drug-likeness (QED) is 0.850. The molecule has 1 unspecified atom stereocenters. The van der Waals surface area contributed by atoms with Crippen LogP contribution in [-0.2, 0) is 23.1 Å². The number of nitrogens with zero attached hydrogens (tertiary/aromatic N) is 1. The Bertz CT molecular complexity index is 726. The summed E-state index contributed by atoms with van der Waals surface area (Å²) < 4.78 is 0. The summed E-state index contributed by atoms with van der Waals surface area (Å²) in [6, 6.07) is 10.3. The summed E-state index contributed by atoms with van der Waals surface area (Å²) in [6.45, 7) is 4.00. The number of nitrogens with one attached hydrogen (secondary N) is 2. The first-order valence-corrected chi connectivity index (χ1v) is 7.79. The van der Waals surface area contributed by atoms with Crippen LogP contribution in [0.25, 0.3) is 0 Å². The highest BCUT2D eigenvalue weighted by Crippen LogP contribution is 2.46. The zero-order valence-corrected chi connectivity index (χ0v) is 13.2. The number of carbonyl (C=O) groups excluding carboxylic acids is 1. The normalized spacial score (nSPS) is 20.8. The maximum absolute atomic E-state index is 12.5. The molecule has 0 bridgehead atoms. The van der Waals surface area contributed by atoms with Crippen molar-refractivity contribution < 1.29 is 4.79 Å². The summed E-state index contributed by atoms with van der Waals surface area (Å²) in [7, 11) is 1.91. The fraction of sp³-hybridized carbons (Fsp3) is 0.333. The van der Waals surface area contributed by atoms with Crippen molar-refractivity contribution in [2.24, 2.45) is 0 Å². The Morgan fingerprint density at radius 2 is 1.95 bits per heavy atom. The molecule has 0 fully saturated rings. The highest BCUT2D eigenvalue weighted by Gasteiger charge is 2.50. The van der Waals surface area contributed by atoms with Crippen molar-refractivity contribution in [3.63, 3.8) is 0 Å². The number of aromatic nitrogens is 1. The van der Waals surface area contributed by atoms with Crippen molar-refractivity contribution in [2.45, 2.75) is 32.1 Å². The van der Waals surface area contributed by atoms with Crippen LogP contribution < -0.4 is 10.6 Å². The third-order valence-electron chi connectivity index (χ3n) is 4.47. The second kappa shape index (κ2) is 5.44. The standard InChI is InChI=1S/C16H15N3O.C2H6/c1-17-12-5-4-10-8-16(9-11(10)7-12)13-3-2-6-18-14(13)19-15(16)20;1-2/h2-7,17H,8-9H2,1H3,(H,18,19,20);1-2H3. The maximum Gasteiger partial charge on any atom is 0.237 e. The summed E-state index contributed by atoms with van der Waals surface area (Å²) in [5.41, 5.74) is 4.18. The van der Waals surface area contributed by atoms with Crippen molar-refractivity contribution >= 4 is 17.4 Å². The van der Waals surface area contributed by atoms with Crippen molar-refractivity contribution in [3.8, 4) is 0 Å². The SMILES string of the molecule is CC.CNc1ccc2c(c1)CC1(C2)C(=O)Nc2ncccc21. The van der Waals surface area contributed by atoms with Crippen molar-refractivity contribution in [3.05, 3.63) is 53.2 Å². The molecule has 2 aromatic rings. The molecule has 2 aliphatic rings. The monoisotopic (exact) mass is 295 g/mol. The zero-order valence-electron chi connectivity index (χ0n) is 13.2. The number of fused-ring (bicyclic) bond motifs is 3. The molecule has 0 saturated carbocycles. The van der Waals surface area contributed by atoms with Gasteiger partial charge in [-0.25, -0.2) is 4.98 Å². The largest absolute Gasteiger partial charge is 0.388 e.